The lowest BCUT2D eigenvalue weighted by Gasteiger charge is -2.29. The molecular formula is C19H24N4O2. The van der Waals surface area contributed by atoms with Gasteiger partial charge in [0.2, 0.25) is 5.91 Å². The second-order valence-corrected chi connectivity index (χ2v) is 6.69. The molecule has 1 atom stereocenters. The summed E-state index contributed by atoms with van der Waals surface area (Å²) in [5.41, 5.74) is 0.154. The van der Waals surface area contributed by atoms with Gasteiger partial charge in [0.15, 0.2) is 0 Å². The number of aryl methyl sites for hydroxylation is 1. The van der Waals surface area contributed by atoms with Crippen LogP contribution in [0.15, 0.2) is 48.9 Å². The average Bonchev–Trinajstić information content (AvgIpc) is 3.03. The molecule has 0 aromatic carbocycles. The normalized spacial score (nSPS) is 19.8. The zero-order valence-corrected chi connectivity index (χ0v) is 14.5. The molecule has 1 aliphatic heterocycles. The number of hydrogen-bond donors (Lipinski definition) is 1. The number of likely N-dealkylation sites (N-methyl/N-ethyl adjacent to an activating group) is 1. The second kappa shape index (κ2) is 7.61. The van der Waals surface area contributed by atoms with E-state index >= 15 is 0 Å². The molecule has 1 aliphatic rings. The summed E-state index contributed by atoms with van der Waals surface area (Å²) >= 11 is 0. The summed E-state index contributed by atoms with van der Waals surface area (Å²) in [4.78, 5) is 24.5. The molecule has 0 unspecified atom stereocenters. The Morgan fingerprint density at radius 2 is 2.20 bits per heavy atom. The average molecular weight is 340 g/mol. The fraction of sp³-hybridized carbons (Fsp3) is 0.421. The quantitative estimate of drug-likeness (QED) is 0.863. The van der Waals surface area contributed by atoms with Gasteiger partial charge in [-0.2, -0.15) is 0 Å². The Balaban J connectivity index is 1.51. The van der Waals surface area contributed by atoms with Crippen LogP contribution in [-0.4, -0.2) is 58.2 Å². The van der Waals surface area contributed by atoms with Crippen molar-refractivity contribution >= 4 is 11.7 Å². The van der Waals surface area contributed by atoms with E-state index in [-0.39, 0.29) is 5.91 Å². The van der Waals surface area contributed by atoms with Crippen LogP contribution in [0.3, 0.4) is 0 Å². The molecule has 2 aromatic rings. The maximum absolute atomic E-state index is 12.4. The Bertz CT molecular complexity index is 695. The van der Waals surface area contributed by atoms with Gasteiger partial charge in [0.1, 0.15) is 11.4 Å². The van der Waals surface area contributed by atoms with E-state index in [1.54, 1.807) is 30.5 Å². The van der Waals surface area contributed by atoms with Gasteiger partial charge in [-0.05, 0) is 36.6 Å². The highest BCUT2D eigenvalue weighted by Gasteiger charge is 2.38. The van der Waals surface area contributed by atoms with E-state index < -0.39 is 5.60 Å². The van der Waals surface area contributed by atoms with Crippen molar-refractivity contribution in [1.29, 1.82) is 0 Å². The number of carbonyl (C=O) groups excluding carboxylic acids is 1. The van der Waals surface area contributed by atoms with Gasteiger partial charge in [-0.25, -0.2) is 4.98 Å². The number of amides is 1. The van der Waals surface area contributed by atoms with Crippen molar-refractivity contribution in [3.63, 3.8) is 0 Å². The SMILES string of the molecule is CN(C[C@]1(O)CCN(c2ccccn2)C1)C(=O)CCc1cccnc1. The molecule has 6 heteroatoms. The summed E-state index contributed by atoms with van der Waals surface area (Å²) in [5.74, 6) is 0.901. The summed E-state index contributed by atoms with van der Waals surface area (Å²) in [6.45, 7) is 1.57. The van der Waals surface area contributed by atoms with Crippen molar-refractivity contribution in [2.75, 3.05) is 31.6 Å². The lowest BCUT2D eigenvalue weighted by molar-refractivity contribution is -0.132. The molecule has 0 bridgehead atoms. The maximum atomic E-state index is 12.4. The number of nitrogens with zero attached hydrogens (tertiary/aromatic N) is 4. The molecule has 3 rings (SSSR count). The van der Waals surface area contributed by atoms with Crippen LogP contribution >= 0.6 is 0 Å². The molecule has 0 radical (unpaired) electrons. The first-order valence-electron chi connectivity index (χ1n) is 8.57. The summed E-state index contributed by atoms with van der Waals surface area (Å²) in [6, 6.07) is 9.59. The van der Waals surface area contributed by atoms with Gasteiger partial charge < -0.3 is 14.9 Å². The fourth-order valence-corrected chi connectivity index (χ4v) is 3.24. The van der Waals surface area contributed by atoms with Crippen LogP contribution in [0, 0.1) is 0 Å². The highest BCUT2D eigenvalue weighted by molar-refractivity contribution is 5.76. The molecule has 1 N–H and O–H groups in total. The van der Waals surface area contributed by atoms with Gasteiger partial charge in [-0.15, -0.1) is 0 Å². The zero-order valence-electron chi connectivity index (χ0n) is 14.5. The summed E-state index contributed by atoms with van der Waals surface area (Å²) in [7, 11) is 1.76. The third kappa shape index (κ3) is 4.54. The molecule has 132 valence electrons. The molecule has 3 heterocycles. The zero-order chi connectivity index (χ0) is 17.7. The molecule has 1 saturated heterocycles. The number of pyridine rings is 2. The molecule has 0 aliphatic carbocycles. The molecule has 2 aromatic heterocycles. The van der Waals surface area contributed by atoms with Crippen LogP contribution < -0.4 is 4.90 Å². The van der Waals surface area contributed by atoms with E-state index in [0.717, 1.165) is 17.9 Å². The monoisotopic (exact) mass is 340 g/mol. The van der Waals surface area contributed by atoms with Gasteiger partial charge in [-0.3, -0.25) is 9.78 Å². The standard InChI is InChI=1S/C19H24N4O2/c1-22(18(24)8-7-16-5-4-10-20-13-16)14-19(25)9-12-23(15-19)17-6-2-3-11-21-17/h2-6,10-11,13,25H,7-9,12,14-15H2,1H3/t19-/m1/s1. The minimum Gasteiger partial charge on any atom is -0.386 e. The van der Waals surface area contributed by atoms with Gasteiger partial charge >= 0.3 is 0 Å². The van der Waals surface area contributed by atoms with Gasteiger partial charge in [0.05, 0.1) is 6.54 Å². The van der Waals surface area contributed by atoms with Crippen molar-refractivity contribution < 1.29 is 9.90 Å². The number of hydrogen-bond acceptors (Lipinski definition) is 5. The first kappa shape index (κ1) is 17.4. The lowest BCUT2D eigenvalue weighted by Crippen LogP contribution is -2.46. The van der Waals surface area contributed by atoms with Crippen molar-refractivity contribution in [3.8, 4) is 0 Å². The predicted molar refractivity (Wildman–Crippen MR) is 96.2 cm³/mol. The predicted octanol–water partition coefficient (Wildman–Crippen LogP) is 1.51. The first-order chi connectivity index (χ1) is 12.1. The number of carbonyl (C=O) groups is 1. The van der Waals surface area contributed by atoms with E-state index in [2.05, 4.69) is 14.9 Å². The van der Waals surface area contributed by atoms with Gasteiger partial charge in [0, 0.05) is 45.1 Å². The van der Waals surface area contributed by atoms with Gasteiger partial charge in [0.25, 0.3) is 0 Å². The van der Waals surface area contributed by atoms with Crippen LogP contribution in [0.25, 0.3) is 0 Å². The Kier molecular flexibility index (Phi) is 5.28. The number of anilines is 1. The van der Waals surface area contributed by atoms with Crippen molar-refractivity contribution in [3.05, 3.63) is 54.5 Å². The topological polar surface area (TPSA) is 69.6 Å². The highest BCUT2D eigenvalue weighted by Crippen LogP contribution is 2.26. The van der Waals surface area contributed by atoms with Crippen LogP contribution in [0.5, 0.6) is 0 Å². The van der Waals surface area contributed by atoms with Gasteiger partial charge in [-0.1, -0.05) is 12.1 Å². The number of aromatic nitrogens is 2. The molecule has 1 fully saturated rings. The van der Waals surface area contributed by atoms with E-state index in [0.29, 0.717) is 32.4 Å². The molecule has 0 saturated carbocycles. The van der Waals surface area contributed by atoms with Crippen LogP contribution in [0.1, 0.15) is 18.4 Å². The summed E-state index contributed by atoms with van der Waals surface area (Å²) < 4.78 is 0. The van der Waals surface area contributed by atoms with Crippen molar-refractivity contribution in [2.45, 2.75) is 24.9 Å². The Morgan fingerprint density at radius 1 is 1.32 bits per heavy atom. The summed E-state index contributed by atoms with van der Waals surface area (Å²) in [6.07, 6.45) is 6.96. The first-order valence-corrected chi connectivity index (χ1v) is 8.57. The highest BCUT2D eigenvalue weighted by atomic mass is 16.3. The number of aliphatic hydroxyl groups is 1. The smallest absolute Gasteiger partial charge is 0.222 e. The maximum Gasteiger partial charge on any atom is 0.222 e. The molecule has 25 heavy (non-hydrogen) atoms. The molecule has 6 nitrogen and oxygen atoms in total. The molecule has 0 spiro atoms. The van der Waals surface area contributed by atoms with E-state index in [1.807, 2.05) is 30.3 Å². The van der Waals surface area contributed by atoms with Crippen LogP contribution in [0.4, 0.5) is 5.82 Å². The van der Waals surface area contributed by atoms with Crippen molar-refractivity contribution in [2.24, 2.45) is 0 Å². The number of rotatable bonds is 6. The summed E-state index contributed by atoms with van der Waals surface area (Å²) in [5, 5.41) is 10.9. The van der Waals surface area contributed by atoms with Crippen LogP contribution in [-0.2, 0) is 11.2 Å². The third-order valence-electron chi connectivity index (χ3n) is 4.61. The fourth-order valence-electron chi connectivity index (χ4n) is 3.24. The van der Waals surface area contributed by atoms with Crippen molar-refractivity contribution in [1.82, 2.24) is 14.9 Å². The Morgan fingerprint density at radius 3 is 2.92 bits per heavy atom. The molecule has 1 amide bonds. The Labute approximate surface area is 148 Å². The van der Waals surface area contributed by atoms with E-state index in [1.165, 1.54) is 0 Å². The van der Waals surface area contributed by atoms with E-state index in [9.17, 15) is 9.90 Å². The largest absolute Gasteiger partial charge is 0.386 e. The van der Waals surface area contributed by atoms with Crippen LogP contribution in [0.2, 0.25) is 0 Å². The minimum atomic E-state index is -0.893. The number of β-amino-alcohol motifs (C(OH)–C–C–N with tert-alkyl or cyclic N) is 1. The molecular weight excluding hydrogens is 316 g/mol. The lowest BCUT2D eigenvalue weighted by atomic mass is 10.0. The third-order valence-corrected chi connectivity index (χ3v) is 4.61. The Hall–Kier alpha value is -2.47. The minimum absolute atomic E-state index is 0.0357. The van der Waals surface area contributed by atoms with E-state index in [4.69, 9.17) is 0 Å². The second-order valence-electron chi connectivity index (χ2n) is 6.69.